The van der Waals surface area contributed by atoms with Gasteiger partial charge in [0.1, 0.15) is 11.8 Å². The summed E-state index contributed by atoms with van der Waals surface area (Å²) in [4.78, 5) is 10.7. The monoisotopic (exact) mass is 253 g/mol. The third kappa shape index (κ3) is 5.01. The molecule has 1 aromatic carbocycles. The molecular weight excluding hydrogens is 234 g/mol. The van der Waals surface area contributed by atoms with E-state index < -0.39 is 20.3 Å². The molecule has 0 aliphatic rings. The second kappa shape index (κ2) is 5.33. The molecule has 0 aliphatic heterocycles. The molecule has 0 amide bonds. The van der Waals surface area contributed by atoms with Gasteiger partial charge in [0.25, 0.3) is 0 Å². The quantitative estimate of drug-likeness (QED) is 0.786. The Kier molecular flexibility index (Phi) is 4.31. The fourth-order valence-electron chi connectivity index (χ4n) is 1.43. The van der Waals surface area contributed by atoms with Crippen LogP contribution < -0.4 is 10.2 Å². The second-order valence-corrected chi connectivity index (χ2v) is 9.44. The fraction of sp³-hybridized carbons (Fsp3) is 0.417. The lowest BCUT2D eigenvalue weighted by molar-refractivity contribution is -0.138. The Labute approximate surface area is 103 Å². The van der Waals surface area contributed by atoms with Crippen molar-refractivity contribution in [2.24, 2.45) is 5.73 Å². The smallest absolute Gasteiger partial charge is 0.320 e. The lowest BCUT2D eigenvalue weighted by Crippen LogP contribution is -2.32. The molecule has 0 bridgehead atoms. The molecule has 0 aliphatic carbocycles. The summed E-state index contributed by atoms with van der Waals surface area (Å²) in [6, 6.07) is 6.60. The van der Waals surface area contributed by atoms with Crippen LogP contribution in [0.3, 0.4) is 0 Å². The minimum atomic E-state index is -1.63. The van der Waals surface area contributed by atoms with Gasteiger partial charge in [-0.25, -0.2) is 0 Å². The highest BCUT2D eigenvalue weighted by molar-refractivity contribution is 6.70. The summed E-state index contributed by atoms with van der Waals surface area (Å²) in [6.07, 6.45) is 0.318. The number of hydrogen-bond acceptors (Lipinski definition) is 3. The lowest BCUT2D eigenvalue weighted by atomic mass is 10.1. The van der Waals surface area contributed by atoms with Crippen molar-refractivity contribution in [3.8, 4) is 5.75 Å². The van der Waals surface area contributed by atoms with Crippen LogP contribution in [0.4, 0.5) is 0 Å². The van der Waals surface area contributed by atoms with Crippen molar-refractivity contribution in [3.05, 3.63) is 29.8 Å². The van der Waals surface area contributed by atoms with Gasteiger partial charge < -0.3 is 15.3 Å². The van der Waals surface area contributed by atoms with Crippen LogP contribution in [0.5, 0.6) is 5.75 Å². The first-order valence-corrected chi connectivity index (χ1v) is 8.95. The summed E-state index contributed by atoms with van der Waals surface area (Å²) in [6.45, 7) is 6.30. The van der Waals surface area contributed by atoms with Gasteiger partial charge in [-0.05, 0) is 43.8 Å². The van der Waals surface area contributed by atoms with Crippen LogP contribution >= 0.6 is 0 Å². The topological polar surface area (TPSA) is 72.5 Å². The van der Waals surface area contributed by atoms with Crippen molar-refractivity contribution in [3.63, 3.8) is 0 Å². The molecule has 0 fully saturated rings. The Balaban J connectivity index is 2.76. The highest BCUT2D eigenvalue weighted by atomic mass is 28.4. The van der Waals surface area contributed by atoms with Gasteiger partial charge in [0.2, 0.25) is 8.32 Å². The number of carboxylic acids is 1. The van der Waals surface area contributed by atoms with Gasteiger partial charge in [-0.2, -0.15) is 0 Å². The summed E-state index contributed by atoms with van der Waals surface area (Å²) in [5.74, 6) is -0.194. The Morgan fingerprint density at radius 1 is 1.47 bits per heavy atom. The van der Waals surface area contributed by atoms with E-state index in [0.29, 0.717) is 6.42 Å². The Morgan fingerprint density at radius 2 is 2.12 bits per heavy atom. The van der Waals surface area contributed by atoms with Crippen LogP contribution in [0.15, 0.2) is 24.3 Å². The zero-order valence-corrected chi connectivity index (χ0v) is 11.4. The van der Waals surface area contributed by atoms with Gasteiger partial charge in [-0.15, -0.1) is 0 Å². The number of hydrogen-bond donors (Lipinski definition) is 2. The SMILES string of the molecule is C[Si](C)(C)Oc1cccc(C[C@H](N)C(=O)O)c1. The van der Waals surface area contributed by atoms with Crippen molar-refractivity contribution in [1.29, 1.82) is 0 Å². The summed E-state index contributed by atoms with van der Waals surface area (Å²) >= 11 is 0. The standard InChI is InChI=1S/C12H19NO3Si/c1-17(2,3)16-10-6-4-5-9(7-10)8-11(13)12(14)15/h4-7,11H,8,13H2,1-3H3,(H,14,15)/t11-/m0/s1. The second-order valence-electron chi connectivity index (χ2n) is 5.01. The Bertz CT molecular complexity index is 401. The molecule has 0 saturated carbocycles. The lowest BCUT2D eigenvalue weighted by Gasteiger charge is -2.19. The van der Waals surface area contributed by atoms with E-state index in [9.17, 15) is 4.79 Å². The summed E-state index contributed by atoms with van der Waals surface area (Å²) in [5.41, 5.74) is 6.38. The van der Waals surface area contributed by atoms with Gasteiger partial charge in [-0.3, -0.25) is 4.79 Å². The van der Waals surface area contributed by atoms with Crippen LogP contribution in [-0.4, -0.2) is 25.4 Å². The van der Waals surface area contributed by atoms with E-state index in [-0.39, 0.29) is 0 Å². The maximum absolute atomic E-state index is 10.7. The number of aliphatic carboxylic acids is 1. The maximum atomic E-state index is 10.7. The van der Waals surface area contributed by atoms with E-state index in [1.807, 2.05) is 24.3 Å². The van der Waals surface area contributed by atoms with E-state index >= 15 is 0 Å². The number of nitrogens with two attached hydrogens (primary N) is 1. The molecular formula is C12H19NO3Si. The van der Waals surface area contributed by atoms with Gasteiger partial charge in [-0.1, -0.05) is 12.1 Å². The molecule has 17 heavy (non-hydrogen) atoms. The molecule has 3 N–H and O–H groups in total. The van der Waals surface area contributed by atoms with E-state index in [1.165, 1.54) is 0 Å². The number of rotatable bonds is 5. The predicted octanol–water partition coefficient (Wildman–Crippen LogP) is 1.85. The average Bonchev–Trinajstić information content (AvgIpc) is 2.15. The van der Waals surface area contributed by atoms with Crippen LogP contribution in [0.25, 0.3) is 0 Å². The molecule has 5 heteroatoms. The number of carboxylic acid groups (broad SMARTS) is 1. The summed E-state index contributed by atoms with van der Waals surface area (Å²) in [5, 5.41) is 8.75. The molecule has 0 heterocycles. The molecule has 1 rings (SSSR count). The minimum Gasteiger partial charge on any atom is -0.544 e. The highest BCUT2D eigenvalue weighted by Crippen LogP contribution is 2.18. The summed E-state index contributed by atoms with van der Waals surface area (Å²) < 4.78 is 5.84. The van der Waals surface area contributed by atoms with Crippen LogP contribution in [-0.2, 0) is 11.2 Å². The number of carbonyl (C=O) groups is 1. The van der Waals surface area contributed by atoms with E-state index in [4.69, 9.17) is 15.3 Å². The molecule has 4 nitrogen and oxygen atoms in total. The van der Waals surface area contributed by atoms with E-state index in [0.717, 1.165) is 11.3 Å². The summed E-state index contributed by atoms with van der Waals surface area (Å²) in [7, 11) is -1.63. The van der Waals surface area contributed by atoms with Crippen LogP contribution in [0.2, 0.25) is 19.6 Å². The molecule has 0 radical (unpaired) electrons. The van der Waals surface area contributed by atoms with Crippen molar-refractivity contribution in [1.82, 2.24) is 0 Å². The van der Waals surface area contributed by atoms with E-state index in [2.05, 4.69) is 19.6 Å². The van der Waals surface area contributed by atoms with E-state index in [1.54, 1.807) is 0 Å². The molecule has 0 unspecified atom stereocenters. The Morgan fingerprint density at radius 3 is 2.65 bits per heavy atom. The molecule has 1 atom stereocenters. The normalized spacial score (nSPS) is 13.2. The fourth-order valence-corrected chi connectivity index (χ4v) is 2.26. The largest absolute Gasteiger partial charge is 0.544 e. The van der Waals surface area contributed by atoms with Gasteiger partial charge >= 0.3 is 5.97 Å². The highest BCUT2D eigenvalue weighted by Gasteiger charge is 2.17. The van der Waals surface area contributed by atoms with Crippen LogP contribution in [0, 0.1) is 0 Å². The zero-order chi connectivity index (χ0) is 13.1. The van der Waals surface area contributed by atoms with Crippen molar-refractivity contribution in [2.45, 2.75) is 32.1 Å². The third-order valence-electron chi connectivity index (χ3n) is 2.10. The maximum Gasteiger partial charge on any atom is 0.320 e. The first kappa shape index (κ1) is 13.7. The van der Waals surface area contributed by atoms with Crippen LogP contribution in [0.1, 0.15) is 5.56 Å². The molecule has 0 spiro atoms. The average molecular weight is 253 g/mol. The van der Waals surface area contributed by atoms with Crippen molar-refractivity contribution in [2.75, 3.05) is 0 Å². The zero-order valence-electron chi connectivity index (χ0n) is 10.4. The first-order valence-electron chi connectivity index (χ1n) is 5.54. The van der Waals surface area contributed by atoms with Crippen molar-refractivity contribution < 1.29 is 14.3 Å². The Hall–Kier alpha value is -1.33. The van der Waals surface area contributed by atoms with Gasteiger partial charge in [0.05, 0.1) is 0 Å². The third-order valence-corrected chi connectivity index (χ3v) is 2.94. The van der Waals surface area contributed by atoms with Gasteiger partial charge in [0.15, 0.2) is 0 Å². The molecule has 0 saturated heterocycles. The van der Waals surface area contributed by atoms with Crippen molar-refractivity contribution >= 4 is 14.3 Å². The predicted molar refractivity (Wildman–Crippen MR) is 69.7 cm³/mol. The minimum absolute atomic E-state index is 0.318. The molecule has 94 valence electrons. The molecule has 1 aromatic rings. The molecule has 0 aromatic heterocycles. The van der Waals surface area contributed by atoms with Gasteiger partial charge in [0, 0.05) is 0 Å². The first-order chi connectivity index (χ1) is 7.78. The number of benzene rings is 1.